The van der Waals surface area contributed by atoms with Crippen molar-refractivity contribution in [2.75, 3.05) is 11.9 Å². The summed E-state index contributed by atoms with van der Waals surface area (Å²) in [6.45, 7) is 5.65. The number of aliphatic hydroxyl groups excluding tert-OH is 1. The number of allylic oxidation sites excluding steroid dienone is 1. The molecule has 2 N–H and O–H groups in total. The molecule has 5 nitrogen and oxygen atoms in total. The maximum atomic E-state index is 14.3. The van der Waals surface area contributed by atoms with Gasteiger partial charge >= 0.3 is 6.18 Å². The highest BCUT2D eigenvalue weighted by atomic mass is 19.4. The number of nitrogens with one attached hydrogen (secondary N) is 1. The van der Waals surface area contributed by atoms with Crippen molar-refractivity contribution in [3.05, 3.63) is 17.5 Å². The van der Waals surface area contributed by atoms with E-state index in [2.05, 4.69) is 20.3 Å². The number of alkyl halides is 3. The second-order valence-electron chi connectivity index (χ2n) is 7.39. The largest absolute Gasteiger partial charge is 0.391 e. The number of hydrogen-bond acceptors (Lipinski definition) is 5. The molecule has 1 heterocycles. The van der Waals surface area contributed by atoms with Gasteiger partial charge in [-0.3, -0.25) is 0 Å². The minimum Gasteiger partial charge on any atom is -0.386 e. The summed E-state index contributed by atoms with van der Waals surface area (Å²) in [4.78, 5) is 12.6. The smallest absolute Gasteiger partial charge is 0.386 e. The van der Waals surface area contributed by atoms with Crippen molar-refractivity contribution in [2.24, 2.45) is 11.8 Å². The van der Waals surface area contributed by atoms with Gasteiger partial charge in [0.2, 0.25) is 5.95 Å². The summed E-state index contributed by atoms with van der Waals surface area (Å²) in [6, 6.07) is 0. The Balaban J connectivity index is 2.30. The SMILES string of the molecule is CC(C)CNc1nc(CC[C@H](C)C(F)(F)F)nc(C2=C(F)C(O)CCC2)n1. The molecule has 0 aromatic carbocycles. The molecular formula is C18H26F4N4O. The van der Waals surface area contributed by atoms with Crippen molar-refractivity contribution >= 4 is 11.5 Å². The first kappa shape index (κ1) is 21.5. The van der Waals surface area contributed by atoms with Crippen LogP contribution in [0.1, 0.15) is 58.1 Å². The molecule has 0 aliphatic heterocycles. The highest BCUT2D eigenvalue weighted by Crippen LogP contribution is 2.32. The molecule has 1 unspecified atom stereocenters. The Morgan fingerprint density at radius 3 is 2.52 bits per heavy atom. The molecule has 2 rings (SSSR count). The van der Waals surface area contributed by atoms with Crippen molar-refractivity contribution in [2.45, 2.75) is 65.2 Å². The Morgan fingerprint density at radius 2 is 1.89 bits per heavy atom. The molecule has 1 aromatic rings. The van der Waals surface area contributed by atoms with Crippen LogP contribution in [0.3, 0.4) is 0 Å². The van der Waals surface area contributed by atoms with Gasteiger partial charge < -0.3 is 10.4 Å². The first-order valence-corrected chi connectivity index (χ1v) is 9.20. The van der Waals surface area contributed by atoms with Crippen LogP contribution in [0.5, 0.6) is 0 Å². The van der Waals surface area contributed by atoms with Gasteiger partial charge in [-0.25, -0.2) is 9.37 Å². The van der Waals surface area contributed by atoms with E-state index in [0.29, 0.717) is 31.7 Å². The van der Waals surface area contributed by atoms with Crippen LogP contribution in [0.15, 0.2) is 5.83 Å². The van der Waals surface area contributed by atoms with E-state index in [1.807, 2.05) is 13.8 Å². The first-order chi connectivity index (χ1) is 12.6. The lowest BCUT2D eigenvalue weighted by Crippen LogP contribution is -2.21. The van der Waals surface area contributed by atoms with Crippen LogP contribution in [-0.4, -0.2) is 38.9 Å². The Bertz CT molecular complexity index is 676. The lowest BCUT2D eigenvalue weighted by molar-refractivity contribution is -0.171. The predicted molar refractivity (Wildman–Crippen MR) is 94.6 cm³/mol. The third kappa shape index (κ3) is 6.12. The van der Waals surface area contributed by atoms with Crippen molar-refractivity contribution in [1.29, 1.82) is 0 Å². The number of nitrogens with zero attached hydrogens (tertiary/aromatic N) is 3. The van der Waals surface area contributed by atoms with E-state index in [1.54, 1.807) is 0 Å². The van der Waals surface area contributed by atoms with E-state index in [9.17, 15) is 22.7 Å². The second-order valence-corrected chi connectivity index (χ2v) is 7.39. The van der Waals surface area contributed by atoms with Crippen molar-refractivity contribution in [3.63, 3.8) is 0 Å². The van der Waals surface area contributed by atoms with Gasteiger partial charge in [0, 0.05) is 18.5 Å². The fourth-order valence-electron chi connectivity index (χ4n) is 2.69. The fourth-order valence-corrected chi connectivity index (χ4v) is 2.69. The summed E-state index contributed by atoms with van der Waals surface area (Å²) < 4.78 is 52.6. The zero-order valence-corrected chi connectivity index (χ0v) is 15.8. The van der Waals surface area contributed by atoms with Crippen molar-refractivity contribution < 1.29 is 22.7 Å². The van der Waals surface area contributed by atoms with Crippen LogP contribution < -0.4 is 5.32 Å². The molecule has 0 spiro atoms. The van der Waals surface area contributed by atoms with E-state index >= 15 is 0 Å². The van der Waals surface area contributed by atoms with Gasteiger partial charge in [-0.1, -0.05) is 20.8 Å². The quantitative estimate of drug-likeness (QED) is 0.680. The molecule has 0 fully saturated rings. The van der Waals surface area contributed by atoms with E-state index in [-0.39, 0.29) is 36.0 Å². The molecule has 9 heteroatoms. The molecule has 1 aliphatic rings. The topological polar surface area (TPSA) is 70.9 Å². The van der Waals surface area contributed by atoms with Crippen LogP contribution in [0.2, 0.25) is 0 Å². The summed E-state index contributed by atoms with van der Waals surface area (Å²) >= 11 is 0. The van der Waals surface area contributed by atoms with E-state index < -0.39 is 24.0 Å². The van der Waals surface area contributed by atoms with Gasteiger partial charge in [-0.15, -0.1) is 0 Å². The fraction of sp³-hybridized carbons (Fsp3) is 0.722. The van der Waals surface area contributed by atoms with Gasteiger partial charge in [0.25, 0.3) is 0 Å². The van der Waals surface area contributed by atoms with Crippen LogP contribution >= 0.6 is 0 Å². The normalized spacial score (nSPS) is 19.5. The molecular weight excluding hydrogens is 364 g/mol. The number of rotatable bonds is 7. The first-order valence-electron chi connectivity index (χ1n) is 9.20. The minimum atomic E-state index is -4.28. The molecule has 1 aliphatic carbocycles. The Hall–Kier alpha value is -1.77. The monoisotopic (exact) mass is 390 g/mol. The van der Waals surface area contributed by atoms with Gasteiger partial charge in [0.15, 0.2) is 5.82 Å². The molecule has 0 amide bonds. The molecule has 0 saturated heterocycles. The zero-order valence-electron chi connectivity index (χ0n) is 15.8. The highest BCUT2D eigenvalue weighted by Gasteiger charge is 2.35. The molecule has 27 heavy (non-hydrogen) atoms. The third-order valence-electron chi connectivity index (χ3n) is 4.46. The molecule has 152 valence electrons. The number of halogens is 4. The van der Waals surface area contributed by atoms with Gasteiger partial charge in [0.05, 0.1) is 5.92 Å². The summed E-state index contributed by atoms with van der Waals surface area (Å²) in [5.74, 6) is -1.38. The standard InChI is InChI=1S/C18H26F4N4O/c1-10(2)9-23-17-25-14(8-7-11(3)18(20,21)22)24-16(26-17)12-5-4-6-13(27)15(12)19/h10-11,13,27H,4-9H2,1-3H3,(H,23,24,25,26)/t11-,13?/m0/s1. The third-order valence-corrected chi connectivity index (χ3v) is 4.46. The molecule has 0 saturated carbocycles. The highest BCUT2D eigenvalue weighted by molar-refractivity contribution is 5.64. The van der Waals surface area contributed by atoms with Gasteiger partial charge in [0.1, 0.15) is 17.8 Å². The number of aromatic nitrogens is 3. The van der Waals surface area contributed by atoms with Crippen LogP contribution in [0.25, 0.3) is 5.57 Å². The second kappa shape index (κ2) is 8.95. The Labute approximate surface area is 156 Å². The number of aliphatic hydroxyl groups is 1. The maximum Gasteiger partial charge on any atom is 0.391 e. The molecule has 0 bridgehead atoms. The van der Waals surface area contributed by atoms with Gasteiger partial charge in [-0.2, -0.15) is 23.1 Å². The minimum absolute atomic E-state index is 0.00398. The molecule has 1 aromatic heterocycles. The number of hydrogen-bond donors (Lipinski definition) is 2. The summed E-state index contributed by atoms with van der Waals surface area (Å²) in [6.07, 6.45) is -4.35. The Kier molecular flexibility index (Phi) is 7.13. The zero-order chi connectivity index (χ0) is 20.2. The summed E-state index contributed by atoms with van der Waals surface area (Å²) in [7, 11) is 0. The lowest BCUT2D eigenvalue weighted by atomic mass is 9.95. The van der Waals surface area contributed by atoms with E-state index in [1.165, 1.54) is 0 Å². The molecule has 0 radical (unpaired) electrons. The lowest BCUT2D eigenvalue weighted by Gasteiger charge is -2.20. The van der Waals surface area contributed by atoms with Gasteiger partial charge in [-0.05, 0) is 31.6 Å². The summed E-state index contributed by atoms with van der Waals surface area (Å²) in [5.41, 5.74) is 0.203. The summed E-state index contributed by atoms with van der Waals surface area (Å²) in [5, 5.41) is 12.8. The molecule has 2 atom stereocenters. The number of anilines is 1. The predicted octanol–water partition coefficient (Wildman–Crippen LogP) is 4.30. The van der Waals surface area contributed by atoms with Crippen molar-refractivity contribution in [3.8, 4) is 0 Å². The average molecular weight is 390 g/mol. The van der Waals surface area contributed by atoms with Crippen molar-refractivity contribution in [1.82, 2.24) is 15.0 Å². The maximum absolute atomic E-state index is 14.3. The number of aryl methyl sites for hydroxylation is 1. The van der Waals surface area contributed by atoms with Crippen LogP contribution in [-0.2, 0) is 6.42 Å². The van der Waals surface area contributed by atoms with Crippen LogP contribution in [0.4, 0.5) is 23.5 Å². The Morgan fingerprint density at radius 1 is 1.19 bits per heavy atom. The van der Waals surface area contributed by atoms with E-state index in [0.717, 1.165) is 6.92 Å². The van der Waals surface area contributed by atoms with E-state index in [4.69, 9.17) is 0 Å². The average Bonchev–Trinajstić information content (AvgIpc) is 2.59. The van der Waals surface area contributed by atoms with Crippen LogP contribution in [0, 0.1) is 11.8 Å².